The Labute approximate surface area is 202 Å². The van der Waals surface area contributed by atoms with Crippen LogP contribution in [0.4, 0.5) is 0 Å². The quantitative estimate of drug-likeness (QED) is 0.557. The first-order valence-corrected chi connectivity index (χ1v) is 11.3. The zero-order valence-electron chi connectivity index (χ0n) is 18.0. The van der Waals surface area contributed by atoms with Crippen LogP contribution in [-0.2, 0) is 11.3 Å². The number of carbonyl (C=O) groups is 2. The first-order valence-electron chi connectivity index (χ1n) is 10.5. The highest BCUT2D eigenvalue weighted by atomic mass is 35.5. The fraction of sp³-hybridized carbons (Fsp3) is 0.240. The molecule has 0 radical (unpaired) electrons. The van der Waals surface area contributed by atoms with Gasteiger partial charge in [-0.05, 0) is 48.0 Å². The van der Waals surface area contributed by atoms with Gasteiger partial charge in [0.25, 0.3) is 5.91 Å². The summed E-state index contributed by atoms with van der Waals surface area (Å²) in [5.74, 6) is -0.213. The minimum Gasteiger partial charge on any atom is -0.497 e. The number of aromatic nitrogens is 1. The lowest BCUT2D eigenvalue weighted by molar-refractivity contribution is -0.125. The number of hydrogen-bond donors (Lipinski definition) is 1. The molecule has 33 heavy (non-hydrogen) atoms. The number of nitrogens with zero attached hydrogens (tertiary/aromatic N) is 2. The fourth-order valence-corrected chi connectivity index (χ4v) is 4.56. The van der Waals surface area contributed by atoms with E-state index in [2.05, 4.69) is 10.3 Å². The van der Waals surface area contributed by atoms with Crippen molar-refractivity contribution in [2.45, 2.75) is 12.5 Å². The summed E-state index contributed by atoms with van der Waals surface area (Å²) in [6, 6.07) is 17.9. The fourth-order valence-electron chi connectivity index (χ4n) is 4.07. The van der Waals surface area contributed by atoms with Gasteiger partial charge in [-0.2, -0.15) is 0 Å². The normalized spacial score (nSPS) is 17.6. The molecule has 2 unspecified atom stereocenters. The number of hydrogen-bond acceptors (Lipinski definition) is 4. The zero-order chi connectivity index (χ0) is 23.4. The van der Waals surface area contributed by atoms with Crippen LogP contribution in [0.25, 0.3) is 0 Å². The molecule has 8 heteroatoms. The van der Waals surface area contributed by atoms with Crippen LogP contribution in [0.15, 0.2) is 66.9 Å². The van der Waals surface area contributed by atoms with Crippen LogP contribution < -0.4 is 10.1 Å². The maximum atomic E-state index is 13.2. The predicted octanol–water partition coefficient (Wildman–Crippen LogP) is 4.57. The van der Waals surface area contributed by atoms with Crippen molar-refractivity contribution in [3.63, 3.8) is 0 Å². The number of benzene rings is 2. The van der Waals surface area contributed by atoms with Crippen molar-refractivity contribution < 1.29 is 14.3 Å². The number of carbonyl (C=O) groups excluding carboxylic acids is 2. The number of rotatable bonds is 6. The summed E-state index contributed by atoms with van der Waals surface area (Å²) in [5.41, 5.74) is 2.10. The lowest BCUT2D eigenvalue weighted by atomic mass is 9.88. The van der Waals surface area contributed by atoms with E-state index in [1.54, 1.807) is 36.4 Å². The summed E-state index contributed by atoms with van der Waals surface area (Å²) < 4.78 is 5.26. The van der Waals surface area contributed by atoms with E-state index in [-0.39, 0.29) is 29.3 Å². The predicted molar refractivity (Wildman–Crippen MR) is 128 cm³/mol. The maximum absolute atomic E-state index is 13.2. The molecule has 0 spiro atoms. The molecule has 1 aliphatic heterocycles. The van der Waals surface area contributed by atoms with Crippen LogP contribution >= 0.6 is 23.2 Å². The number of amides is 2. The molecule has 3 aromatic rings. The third kappa shape index (κ3) is 5.29. The Morgan fingerprint density at radius 2 is 1.88 bits per heavy atom. The summed E-state index contributed by atoms with van der Waals surface area (Å²) in [6.07, 6.45) is 1.69. The van der Waals surface area contributed by atoms with Gasteiger partial charge in [-0.1, -0.05) is 41.4 Å². The summed E-state index contributed by atoms with van der Waals surface area (Å²) in [7, 11) is 1.61. The second-order valence-electron chi connectivity index (χ2n) is 7.86. The van der Waals surface area contributed by atoms with Crippen molar-refractivity contribution in [3.05, 3.63) is 93.7 Å². The highest BCUT2D eigenvalue weighted by molar-refractivity contribution is 6.36. The number of nitrogens with one attached hydrogen (secondary N) is 1. The molecule has 4 rings (SSSR count). The highest BCUT2D eigenvalue weighted by Gasteiger charge is 2.40. The molecule has 0 aliphatic carbocycles. The highest BCUT2D eigenvalue weighted by Crippen LogP contribution is 2.35. The lowest BCUT2D eigenvalue weighted by Crippen LogP contribution is -2.35. The van der Waals surface area contributed by atoms with E-state index in [1.807, 2.05) is 42.5 Å². The summed E-state index contributed by atoms with van der Waals surface area (Å²) >= 11 is 12.3. The molecule has 2 aromatic carbocycles. The molecule has 2 atom stereocenters. The van der Waals surface area contributed by atoms with Gasteiger partial charge in [-0.3, -0.25) is 14.6 Å². The molecule has 1 saturated heterocycles. The Morgan fingerprint density at radius 1 is 1.09 bits per heavy atom. The third-order valence-corrected chi connectivity index (χ3v) is 6.37. The largest absolute Gasteiger partial charge is 0.497 e. The smallest absolute Gasteiger partial charge is 0.255 e. The SMILES string of the molecule is COc1ccc(C2CN(C(=O)c3ccc(Cl)cc3Cl)CC2C(=O)NCc2ccccn2)cc1. The molecule has 0 saturated carbocycles. The van der Waals surface area contributed by atoms with E-state index in [9.17, 15) is 9.59 Å². The van der Waals surface area contributed by atoms with Gasteiger partial charge in [0.1, 0.15) is 5.75 Å². The van der Waals surface area contributed by atoms with Crippen LogP contribution in [0.5, 0.6) is 5.75 Å². The van der Waals surface area contributed by atoms with Crippen LogP contribution in [-0.4, -0.2) is 41.9 Å². The van der Waals surface area contributed by atoms with E-state index < -0.39 is 5.92 Å². The number of likely N-dealkylation sites (tertiary alicyclic amines) is 1. The summed E-state index contributed by atoms with van der Waals surface area (Å²) in [4.78, 5) is 32.4. The van der Waals surface area contributed by atoms with Gasteiger partial charge in [0.2, 0.25) is 5.91 Å². The third-order valence-electron chi connectivity index (χ3n) is 5.82. The molecule has 1 fully saturated rings. The van der Waals surface area contributed by atoms with Crippen LogP contribution in [0.2, 0.25) is 10.0 Å². The van der Waals surface area contributed by atoms with Gasteiger partial charge < -0.3 is 15.0 Å². The van der Waals surface area contributed by atoms with Crippen molar-refractivity contribution in [1.82, 2.24) is 15.2 Å². The number of halogens is 2. The van der Waals surface area contributed by atoms with E-state index in [4.69, 9.17) is 27.9 Å². The Kier molecular flexibility index (Phi) is 7.16. The molecule has 0 bridgehead atoms. The lowest BCUT2D eigenvalue weighted by Gasteiger charge is -2.18. The van der Waals surface area contributed by atoms with Crippen LogP contribution in [0.3, 0.4) is 0 Å². The number of methoxy groups -OCH3 is 1. The minimum absolute atomic E-state index is 0.126. The first kappa shape index (κ1) is 23.1. The zero-order valence-corrected chi connectivity index (χ0v) is 19.5. The van der Waals surface area contributed by atoms with Crippen molar-refractivity contribution in [1.29, 1.82) is 0 Å². The van der Waals surface area contributed by atoms with Crippen LogP contribution in [0, 0.1) is 5.92 Å². The van der Waals surface area contributed by atoms with Crippen LogP contribution in [0.1, 0.15) is 27.5 Å². The van der Waals surface area contributed by atoms with Crippen molar-refractivity contribution in [2.24, 2.45) is 5.92 Å². The monoisotopic (exact) mass is 483 g/mol. The maximum Gasteiger partial charge on any atom is 0.255 e. The van der Waals surface area contributed by atoms with Crippen molar-refractivity contribution in [2.75, 3.05) is 20.2 Å². The van der Waals surface area contributed by atoms with Gasteiger partial charge in [0.15, 0.2) is 0 Å². The standard InChI is InChI=1S/C25H23Cl2N3O3/c1-33-19-8-5-16(6-9-19)21-14-30(25(32)20-10-7-17(26)12-23(20)27)15-22(21)24(31)29-13-18-4-2-3-11-28-18/h2-12,21-22H,13-15H2,1H3,(H,29,31). The molecule has 2 amide bonds. The second-order valence-corrected chi connectivity index (χ2v) is 8.70. The topological polar surface area (TPSA) is 71.5 Å². The summed E-state index contributed by atoms with van der Waals surface area (Å²) in [5, 5.41) is 3.72. The Morgan fingerprint density at radius 3 is 2.55 bits per heavy atom. The van der Waals surface area contributed by atoms with Gasteiger partial charge in [-0.25, -0.2) is 0 Å². The first-order chi connectivity index (χ1) is 16.0. The molecule has 170 valence electrons. The molecule has 1 N–H and O–H groups in total. The second kappa shape index (κ2) is 10.2. The van der Waals surface area contributed by atoms with Crippen molar-refractivity contribution >= 4 is 35.0 Å². The van der Waals surface area contributed by atoms with Gasteiger partial charge in [0, 0.05) is 30.2 Å². The Balaban J connectivity index is 1.57. The molecule has 6 nitrogen and oxygen atoms in total. The molecule has 1 aromatic heterocycles. The molecule has 2 heterocycles. The van der Waals surface area contributed by atoms with Gasteiger partial charge in [-0.15, -0.1) is 0 Å². The van der Waals surface area contributed by atoms with E-state index in [1.165, 1.54) is 0 Å². The van der Waals surface area contributed by atoms with E-state index in [0.29, 0.717) is 23.7 Å². The number of ether oxygens (including phenoxy) is 1. The molecular weight excluding hydrogens is 461 g/mol. The average molecular weight is 484 g/mol. The van der Waals surface area contributed by atoms with Crippen molar-refractivity contribution in [3.8, 4) is 5.75 Å². The average Bonchev–Trinajstić information content (AvgIpc) is 3.28. The van der Waals surface area contributed by atoms with Gasteiger partial charge >= 0.3 is 0 Å². The Hall–Kier alpha value is -3.09. The summed E-state index contributed by atoms with van der Waals surface area (Å²) in [6.45, 7) is 0.997. The van der Waals surface area contributed by atoms with E-state index >= 15 is 0 Å². The van der Waals surface area contributed by atoms with E-state index in [0.717, 1.165) is 17.0 Å². The molecule has 1 aliphatic rings. The molecular formula is C25H23Cl2N3O3. The Bertz CT molecular complexity index is 1140. The van der Waals surface area contributed by atoms with Gasteiger partial charge in [0.05, 0.1) is 35.9 Å². The number of pyridine rings is 1. The minimum atomic E-state index is -0.419.